The third-order valence-electron chi connectivity index (χ3n) is 4.29. The molecule has 0 fully saturated rings. The average Bonchev–Trinajstić information content (AvgIpc) is 3.08. The number of anilines is 1. The van der Waals surface area contributed by atoms with E-state index in [1.807, 2.05) is 24.3 Å². The van der Waals surface area contributed by atoms with Crippen LogP contribution in [-0.4, -0.2) is 43.1 Å². The van der Waals surface area contributed by atoms with E-state index in [0.717, 1.165) is 21.9 Å². The number of methoxy groups -OCH3 is 1. The van der Waals surface area contributed by atoms with Gasteiger partial charge in [0.15, 0.2) is 5.13 Å². The maximum Gasteiger partial charge on any atom is 0.321 e. The highest BCUT2D eigenvalue weighted by Crippen LogP contribution is 2.29. The molecule has 0 radical (unpaired) electrons. The van der Waals surface area contributed by atoms with Crippen molar-refractivity contribution >= 4 is 32.5 Å². The van der Waals surface area contributed by atoms with Gasteiger partial charge >= 0.3 is 6.03 Å². The first-order valence-electron chi connectivity index (χ1n) is 8.55. The summed E-state index contributed by atoms with van der Waals surface area (Å²) in [6.07, 6.45) is 0.556. The molecule has 0 aliphatic carbocycles. The van der Waals surface area contributed by atoms with Crippen LogP contribution in [-0.2, 0) is 29.5 Å². The van der Waals surface area contributed by atoms with Gasteiger partial charge in [-0.15, -0.1) is 0 Å². The molecule has 8 nitrogen and oxygen atoms in total. The predicted molar refractivity (Wildman–Crippen MR) is 105 cm³/mol. The molecule has 1 aliphatic rings. The quantitative estimate of drug-likeness (QED) is 0.760. The molecule has 0 bridgehead atoms. The lowest BCUT2D eigenvalue weighted by molar-refractivity contribution is 0.251. The Balaban J connectivity index is 1.56. The molecule has 3 rings (SSSR count). The number of carbonyl (C=O) groups excluding carboxylic acids is 1. The van der Waals surface area contributed by atoms with E-state index in [9.17, 15) is 13.2 Å². The smallest absolute Gasteiger partial charge is 0.321 e. The Labute approximate surface area is 162 Å². The normalized spacial score (nSPS) is 14.4. The molecule has 2 N–H and O–H groups in total. The Morgan fingerprint density at radius 2 is 2.07 bits per heavy atom. The van der Waals surface area contributed by atoms with E-state index in [-0.39, 0.29) is 11.8 Å². The van der Waals surface area contributed by atoms with Crippen molar-refractivity contribution in [1.29, 1.82) is 0 Å². The monoisotopic (exact) mass is 410 g/mol. The zero-order valence-electron chi connectivity index (χ0n) is 15.2. The number of benzene rings is 1. The molecule has 0 spiro atoms. The SMILES string of the molecule is CCS(=O)(=O)N1CCc2nc(NC(=O)NCc3ccc(OC)cc3)sc2C1. The summed E-state index contributed by atoms with van der Waals surface area (Å²) in [5.41, 5.74) is 1.80. The first kappa shape index (κ1) is 19.6. The third-order valence-corrected chi connectivity index (χ3v) is 7.11. The molecule has 0 unspecified atom stereocenters. The second kappa shape index (κ2) is 8.24. The second-order valence-electron chi connectivity index (χ2n) is 6.03. The summed E-state index contributed by atoms with van der Waals surface area (Å²) in [7, 11) is -1.62. The van der Waals surface area contributed by atoms with Crippen molar-refractivity contribution < 1.29 is 17.9 Å². The summed E-state index contributed by atoms with van der Waals surface area (Å²) in [6.45, 7) is 2.76. The highest BCUT2D eigenvalue weighted by atomic mass is 32.2. The van der Waals surface area contributed by atoms with Gasteiger partial charge in [-0.3, -0.25) is 5.32 Å². The number of aromatic nitrogens is 1. The molecule has 0 saturated heterocycles. The maximum absolute atomic E-state index is 12.1. The number of hydrogen-bond acceptors (Lipinski definition) is 6. The summed E-state index contributed by atoms with van der Waals surface area (Å²) in [4.78, 5) is 17.4. The molecular weight excluding hydrogens is 388 g/mol. The fourth-order valence-corrected chi connectivity index (χ4v) is 4.87. The number of amides is 2. The van der Waals surface area contributed by atoms with Gasteiger partial charge in [0.1, 0.15) is 5.75 Å². The van der Waals surface area contributed by atoms with Crippen LogP contribution in [0.3, 0.4) is 0 Å². The summed E-state index contributed by atoms with van der Waals surface area (Å²) < 4.78 is 30.6. The van der Waals surface area contributed by atoms with Gasteiger partial charge < -0.3 is 10.1 Å². The van der Waals surface area contributed by atoms with Gasteiger partial charge in [-0.1, -0.05) is 23.5 Å². The van der Waals surface area contributed by atoms with E-state index in [0.29, 0.717) is 31.2 Å². The Morgan fingerprint density at radius 1 is 1.33 bits per heavy atom. The minimum absolute atomic E-state index is 0.0833. The van der Waals surface area contributed by atoms with Crippen LogP contribution in [0.4, 0.5) is 9.93 Å². The Bertz CT molecular complexity index is 910. The Morgan fingerprint density at radius 3 is 2.74 bits per heavy atom. The van der Waals surface area contributed by atoms with Crippen LogP contribution < -0.4 is 15.4 Å². The largest absolute Gasteiger partial charge is 0.497 e. The zero-order valence-corrected chi connectivity index (χ0v) is 16.8. The molecule has 2 heterocycles. The number of ether oxygens (including phenoxy) is 1. The van der Waals surface area contributed by atoms with E-state index >= 15 is 0 Å². The lowest BCUT2D eigenvalue weighted by Crippen LogP contribution is -2.36. The van der Waals surface area contributed by atoms with Crippen LogP contribution in [0.25, 0.3) is 0 Å². The molecule has 2 amide bonds. The number of nitrogens with zero attached hydrogens (tertiary/aromatic N) is 2. The van der Waals surface area contributed by atoms with Crippen molar-refractivity contribution in [2.75, 3.05) is 24.7 Å². The molecular formula is C17H22N4O4S2. The molecule has 10 heteroatoms. The molecule has 0 saturated carbocycles. The van der Waals surface area contributed by atoms with E-state index in [1.54, 1.807) is 14.0 Å². The zero-order chi connectivity index (χ0) is 19.4. The van der Waals surface area contributed by atoms with Crippen LogP contribution in [0.1, 0.15) is 23.1 Å². The molecule has 1 aliphatic heterocycles. The van der Waals surface area contributed by atoms with Crippen LogP contribution in [0.5, 0.6) is 5.75 Å². The molecule has 2 aromatic rings. The van der Waals surface area contributed by atoms with E-state index in [2.05, 4.69) is 15.6 Å². The van der Waals surface area contributed by atoms with Gasteiger partial charge in [0.25, 0.3) is 0 Å². The van der Waals surface area contributed by atoms with Gasteiger partial charge in [0, 0.05) is 30.9 Å². The summed E-state index contributed by atoms with van der Waals surface area (Å²) >= 11 is 1.31. The number of urea groups is 1. The van der Waals surface area contributed by atoms with E-state index in [4.69, 9.17) is 4.74 Å². The number of rotatable bonds is 6. The third kappa shape index (κ3) is 4.76. The van der Waals surface area contributed by atoms with Crippen LogP contribution in [0, 0.1) is 0 Å². The maximum atomic E-state index is 12.1. The van der Waals surface area contributed by atoms with Crippen LogP contribution in [0.15, 0.2) is 24.3 Å². The van der Waals surface area contributed by atoms with Gasteiger partial charge in [0.05, 0.1) is 18.6 Å². The lowest BCUT2D eigenvalue weighted by atomic mass is 10.2. The van der Waals surface area contributed by atoms with Gasteiger partial charge in [-0.25, -0.2) is 18.2 Å². The number of sulfonamides is 1. The van der Waals surface area contributed by atoms with Crippen molar-refractivity contribution in [3.8, 4) is 5.75 Å². The van der Waals surface area contributed by atoms with Crippen molar-refractivity contribution in [1.82, 2.24) is 14.6 Å². The van der Waals surface area contributed by atoms with Crippen molar-refractivity contribution in [2.24, 2.45) is 0 Å². The summed E-state index contributed by atoms with van der Waals surface area (Å²) in [6, 6.07) is 7.07. The van der Waals surface area contributed by atoms with E-state index in [1.165, 1.54) is 15.6 Å². The number of thiazole rings is 1. The summed E-state index contributed by atoms with van der Waals surface area (Å²) in [5.74, 6) is 0.843. The second-order valence-corrected chi connectivity index (χ2v) is 9.37. The number of hydrogen-bond donors (Lipinski definition) is 2. The van der Waals surface area contributed by atoms with E-state index < -0.39 is 10.0 Å². The first-order chi connectivity index (χ1) is 12.9. The number of carbonyl (C=O) groups is 1. The predicted octanol–water partition coefficient (Wildman–Crippen LogP) is 2.18. The Kier molecular flexibility index (Phi) is 5.98. The number of fused-ring (bicyclic) bond motifs is 1. The minimum atomic E-state index is -3.22. The van der Waals surface area contributed by atoms with Gasteiger partial charge in [0.2, 0.25) is 10.0 Å². The average molecular weight is 411 g/mol. The highest BCUT2D eigenvalue weighted by molar-refractivity contribution is 7.89. The standard InChI is InChI=1S/C17H22N4O4S2/c1-3-27(23,24)21-9-8-14-15(11-21)26-17(19-14)20-16(22)18-10-12-4-6-13(25-2)7-5-12/h4-7H,3,8-11H2,1-2H3,(H2,18,19,20,22). The summed E-state index contributed by atoms with van der Waals surface area (Å²) in [5, 5.41) is 5.98. The minimum Gasteiger partial charge on any atom is -0.497 e. The molecule has 0 atom stereocenters. The fourth-order valence-electron chi connectivity index (χ4n) is 2.71. The topological polar surface area (TPSA) is 101 Å². The fraction of sp³-hybridized carbons (Fsp3) is 0.412. The van der Waals surface area contributed by atoms with Crippen LogP contribution in [0.2, 0.25) is 0 Å². The van der Waals surface area contributed by atoms with Gasteiger partial charge in [-0.2, -0.15) is 4.31 Å². The molecule has 27 heavy (non-hydrogen) atoms. The number of nitrogens with one attached hydrogen (secondary N) is 2. The van der Waals surface area contributed by atoms with Gasteiger partial charge in [-0.05, 0) is 24.6 Å². The van der Waals surface area contributed by atoms with Crippen molar-refractivity contribution in [2.45, 2.75) is 26.4 Å². The molecule has 146 valence electrons. The molecule has 1 aromatic carbocycles. The Hall–Kier alpha value is -2.17. The van der Waals surface area contributed by atoms with Crippen molar-refractivity contribution in [3.05, 3.63) is 40.4 Å². The molecule has 1 aromatic heterocycles. The first-order valence-corrected chi connectivity index (χ1v) is 11.0. The van der Waals surface area contributed by atoms with Crippen LogP contribution >= 0.6 is 11.3 Å². The van der Waals surface area contributed by atoms with Crippen molar-refractivity contribution in [3.63, 3.8) is 0 Å². The highest BCUT2D eigenvalue weighted by Gasteiger charge is 2.28. The lowest BCUT2D eigenvalue weighted by Gasteiger charge is -2.24.